The zero-order chi connectivity index (χ0) is 26.6. The van der Waals surface area contributed by atoms with Crippen molar-refractivity contribution in [1.29, 1.82) is 0 Å². The third kappa shape index (κ3) is 5.92. The average molecular weight is 528 g/mol. The predicted molar refractivity (Wildman–Crippen MR) is 138 cm³/mol. The summed E-state index contributed by atoms with van der Waals surface area (Å²) in [6.45, 7) is 6.40. The van der Waals surface area contributed by atoms with Gasteiger partial charge in [-0.05, 0) is 62.6 Å². The zero-order valence-corrected chi connectivity index (χ0v) is 22.0. The van der Waals surface area contributed by atoms with E-state index < -0.39 is 23.8 Å². The fraction of sp³-hybridized carbons (Fsp3) is 0.643. The first-order valence-corrected chi connectivity index (χ1v) is 13.8. The van der Waals surface area contributed by atoms with Gasteiger partial charge in [0.05, 0.1) is 36.5 Å². The Hall–Kier alpha value is -2.82. The number of nitrogens with one attached hydrogen (secondary N) is 1. The van der Waals surface area contributed by atoms with E-state index in [1.165, 1.54) is 12.8 Å². The number of hydrogen-bond acceptors (Lipinski definition) is 8. The highest BCUT2D eigenvalue weighted by molar-refractivity contribution is 6.23. The molecule has 1 atom stereocenters. The fourth-order valence-corrected chi connectivity index (χ4v) is 5.69. The molecule has 5 rings (SSSR count). The van der Waals surface area contributed by atoms with Gasteiger partial charge in [0.15, 0.2) is 0 Å². The molecule has 10 nitrogen and oxygen atoms in total. The Morgan fingerprint density at radius 3 is 2.34 bits per heavy atom. The monoisotopic (exact) mass is 527 g/mol. The van der Waals surface area contributed by atoms with E-state index in [9.17, 15) is 19.2 Å². The smallest absolute Gasteiger partial charge is 0.262 e. The van der Waals surface area contributed by atoms with Crippen molar-refractivity contribution < 1.29 is 33.4 Å². The summed E-state index contributed by atoms with van der Waals surface area (Å²) in [5.41, 5.74) is 1.47. The normalized spacial score (nSPS) is 26.0. The summed E-state index contributed by atoms with van der Waals surface area (Å²) in [6.07, 6.45) is 5.86. The van der Waals surface area contributed by atoms with Crippen LogP contribution in [-0.2, 0) is 23.8 Å². The predicted octanol–water partition coefficient (Wildman–Crippen LogP) is 2.30. The van der Waals surface area contributed by atoms with Crippen LogP contribution in [0.1, 0.15) is 72.6 Å². The second kappa shape index (κ2) is 11.9. The maximum absolute atomic E-state index is 13.1. The van der Waals surface area contributed by atoms with Gasteiger partial charge < -0.3 is 19.1 Å². The molecule has 3 fully saturated rings. The largest absolute Gasteiger partial charge is 0.379 e. The molecule has 206 valence electrons. The lowest BCUT2D eigenvalue weighted by Gasteiger charge is -2.33. The van der Waals surface area contributed by atoms with Crippen LogP contribution in [0, 0.1) is 5.92 Å². The van der Waals surface area contributed by atoms with Crippen molar-refractivity contribution in [2.24, 2.45) is 5.92 Å². The molecule has 1 unspecified atom stereocenters. The van der Waals surface area contributed by atoms with E-state index in [1.54, 1.807) is 12.1 Å². The molecule has 1 saturated carbocycles. The Kier molecular flexibility index (Phi) is 8.40. The van der Waals surface area contributed by atoms with Gasteiger partial charge in [0.1, 0.15) is 6.04 Å². The lowest BCUT2D eigenvalue weighted by Crippen LogP contribution is -2.54. The van der Waals surface area contributed by atoms with Gasteiger partial charge in [-0.3, -0.25) is 29.4 Å². The Morgan fingerprint density at radius 1 is 0.868 bits per heavy atom. The number of amides is 4. The molecule has 4 amide bonds. The van der Waals surface area contributed by atoms with E-state index in [2.05, 4.69) is 17.1 Å². The first-order valence-electron chi connectivity index (χ1n) is 13.8. The van der Waals surface area contributed by atoms with Gasteiger partial charge in [0.2, 0.25) is 11.8 Å². The molecule has 3 heterocycles. The second-order valence-corrected chi connectivity index (χ2v) is 10.8. The van der Waals surface area contributed by atoms with E-state index >= 15 is 0 Å². The van der Waals surface area contributed by atoms with Gasteiger partial charge in [-0.15, -0.1) is 0 Å². The number of ether oxygens (including phenoxy) is 3. The minimum atomic E-state index is -0.954. The highest BCUT2D eigenvalue weighted by Gasteiger charge is 2.44. The molecule has 1 N–H and O–H groups in total. The van der Waals surface area contributed by atoms with Crippen LogP contribution in [0.25, 0.3) is 0 Å². The number of carbonyl (C=O) groups excluding carboxylic acids is 4. The number of piperidine rings is 2. The highest BCUT2D eigenvalue weighted by atomic mass is 16.5. The van der Waals surface area contributed by atoms with Crippen molar-refractivity contribution in [3.8, 4) is 0 Å². The number of imide groups is 2. The van der Waals surface area contributed by atoms with E-state index in [-0.39, 0.29) is 24.9 Å². The van der Waals surface area contributed by atoms with Crippen LogP contribution < -0.4 is 10.2 Å². The van der Waals surface area contributed by atoms with Crippen LogP contribution >= 0.6 is 0 Å². The molecule has 1 aromatic carbocycles. The van der Waals surface area contributed by atoms with Crippen molar-refractivity contribution in [3.63, 3.8) is 0 Å². The second-order valence-electron chi connectivity index (χ2n) is 10.8. The Balaban J connectivity index is 1.03. The lowest BCUT2D eigenvalue weighted by molar-refractivity contribution is -0.136. The molecule has 0 bridgehead atoms. The summed E-state index contributed by atoms with van der Waals surface area (Å²) >= 11 is 0. The molecule has 1 aromatic rings. The van der Waals surface area contributed by atoms with E-state index in [0.717, 1.165) is 55.5 Å². The number of rotatable bonds is 11. The van der Waals surface area contributed by atoms with E-state index in [1.807, 2.05) is 6.07 Å². The van der Waals surface area contributed by atoms with Crippen LogP contribution in [0.15, 0.2) is 18.2 Å². The van der Waals surface area contributed by atoms with Gasteiger partial charge in [-0.1, -0.05) is 6.92 Å². The molecule has 10 heteroatoms. The third-order valence-electron chi connectivity index (χ3n) is 7.93. The summed E-state index contributed by atoms with van der Waals surface area (Å²) in [7, 11) is 0. The quantitative estimate of drug-likeness (QED) is 0.344. The Bertz CT molecular complexity index is 1060. The van der Waals surface area contributed by atoms with Gasteiger partial charge in [-0.2, -0.15) is 0 Å². The van der Waals surface area contributed by atoms with Crippen molar-refractivity contribution in [2.45, 2.75) is 70.1 Å². The standard InChI is InChI=1S/C28H37N3O7/c1-18-15-21(16-18)37-12-2-11-36-13-14-38-20-7-9-30(10-8-20)19-3-4-22-23(17-19)28(35)31(27(22)34)24-5-6-25(32)29-26(24)33/h3-4,17-18,20-21,24H,2,5-16H2,1H3,(H,29,32,33). The highest BCUT2D eigenvalue weighted by Crippen LogP contribution is 2.32. The van der Waals surface area contributed by atoms with Crippen LogP contribution in [-0.4, -0.2) is 86.3 Å². The molecule has 0 spiro atoms. The SMILES string of the molecule is CC1CC(OCCCOCCOC2CCN(c3ccc4c(c3)C(=O)N(C3CCC(=O)NC3=O)C4=O)CC2)C1. The number of hydrogen-bond donors (Lipinski definition) is 1. The van der Waals surface area contributed by atoms with Crippen molar-refractivity contribution in [2.75, 3.05) is 44.4 Å². The summed E-state index contributed by atoms with van der Waals surface area (Å²) in [5.74, 6) is -1.15. The summed E-state index contributed by atoms with van der Waals surface area (Å²) in [6, 6.07) is 4.30. The molecule has 38 heavy (non-hydrogen) atoms. The summed E-state index contributed by atoms with van der Waals surface area (Å²) in [5, 5.41) is 2.22. The molecule has 2 saturated heterocycles. The van der Waals surface area contributed by atoms with Gasteiger partial charge in [-0.25, -0.2) is 0 Å². The Labute approximate surface area is 222 Å². The van der Waals surface area contributed by atoms with Crippen LogP contribution in [0.2, 0.25) is 0 Å². The number of nitrogens with zero attached hydrogens (tertiary/aromatic N) is 2. The molecular formula is C28H37N3O7. The molecular weight excluding hydrogens is 490 g/mol. The number of benzene rings is 1. The first-order chi connectivity index (χ1) is 18.4. The van der Waals surface area contributed by atoms with E-state index in [0.29, 0.717) is 37.1 Å². The molecule has 0 aromatic heterocycles. The minimum Gasteiger partial charge on any atom is -0.379 e. The molecule has 1 aliphatic carbocycles. The lowest BCUT2D eigenvalue weighted by atomic mass is 9.84. The van der Waals surface area contributed by atoms with Crippen molar-refractivity contribution in [3.05, 3.63) is 29.3 Å². The van der Waals surface area contributed by atoms with Crippen molar-refractivity contribution >= 4 is 29.3 Å². The summed E-state index contributed by atoms with van der Waals surface area (Å²) < 4.78 is 17.5. The van der Waals surface area contributed by atoms with E-state index in [4.69, 9.17) is 14.2 Å². The molecule has 0 radical (unpaired) electrons. The van der Waals surface area contributed by atoms with Gasteiger partial charge >= 0.3 is 0 Å². The maximum atomic E-state index is 13.1. The number of fused-ring (bicyclic) bond motifs is 1. The molecule has 4 aliphatic rings. The van der Waals surface area contributed by atoms with Crippen LogP contribution in [0.4, 0.5) is 5.69 Å². The summed E-state index contributed by atoms with van der Waals surface area (Å²) in [4.78, 5) is 52.9. The number of anilines is 1. The Morgan fingerprint density at radius 2 is 1.61 bits per heavy atom. The molecule has 3 aliphatic heterocycles. The maximum Gasteiger partial charge on any atom is 0.262 e. The zero-order valence-electron chi connectivity index (χ0n) is 22.0. The minimum absolute atomic E-state index is 0.104. The van der Waals surface area contributed by atoms with Gasteiger partial charge in [0.25, 0.3) is 11.8 Å². The third-order valence-corrected chi connectivity index (χ3v) is 7.93. The topological polar surface area (TPSA) is 114 Å². The van der Waals surface area contributed by atoms with Crippen LogP contribution in [0.3, 0.4) is 0 Å². The fourth-order valence-electron chi connectivity index (χ4n) is 5.69. The van der Waals surface area contributed by atoms with Gasteiger partial charge in [0, 0.05) is 38.4 Å². The number of carbonyl (C=O) groups is 4. The van der Waals surface area contributed by atoms with Crippen LogP contribution in [0.5, 0.6) is 0 Å². The van der Waals surface area contributed by atoms with Crippen molar-refractivity contribution in [1.82, 2.24) is 10.2 Å². The first kappa shape index (κ1) is 26.8. The average Bonchev–Trinajstić information content (AvgIpc) is 3.14.